The molecule has 1 N–H and O–H groups in total. The Labute approximate surface area is 88.1 Å². The first-order valence-electron chi connectivity index (χ1n) is 4.86. The molecule has 0 bridgehead atoms. The van der Waals surface area contributed by atoms with Crippen LogP contribution >= 0.6 is 0 Å². The van der Waals surface area contributed by atoms with Gasteiger partial charge in [0.2, 0.25) is 5.75 Å². The molecule has 0 saturated carbocycles. The molecule has 0 radical (unpaired) electrons. The first kappa shape index (κ1) is 11.4. The Kier molecular flexibility index (Phi) is 4.03. The number of unbranched alkanes of at least 4 members (excludes halogenated alkanes) is 1. The first-order chi connectivity index (χ1) is 7.13. The molecule has 82 valence electrons. The summed E-state index contributed by atoms with van der Waals surface area (Å²) in [6, 6.07) is 0. The maximum Gasteiger partial charge on any atom is 0.308 e. The van der Waals surface area contributed by atoms with Crippen LogP contribution in [0.25, 0.3) is 0 Å². The molecule has 1 rings (SSSR count). The van der Waals surface area contributed by atoms with Crippen LogP contribution in [-0.4, -0.2) is 21.0 Å². The molecule has 0 aliphatic heterocycles. The second kappa shape index (κ2) is 5.29. The van der Waals surface area contributed by atoms with Gasteiger partial charge in [-0.3, -0.25) is 4.79 Å². The van der Waals surface area contributed by atoms with Gasteiger partial charge in [-0.2, -0.15) is 4.98 Å². The molecule has 0 amide bonds. The molecule has 0 spiro atoms. The van der Waals surface area contributed by atoms with Crippen LogP contribution in [0.2, 0.25) is 0 Å². The molecule has 0 atom stereocenters. The topological polar surface area (TPSA) is 72.3 Å². The highest BCUT2D eigenvalue weighted by Gasteiger charge is 2.08. The van der Waals surface area contributed by atoms with Crippen molar-refractivity contribution in [2.24, 2.45) is 0 Å². The lowest BCUT2D eigenvalue weighted by Crippen LogP contribution is -2.04. The van der Waals surface area contributed by atoms with E-state index in [1.54, 1.807) is 0 Å². The number of rotatable bonds is 4. The van der Waals surface area contributed by atoms with Crippen molar-refractivity contribution in [3.05, 3.63) is 12.0 Å². The summed E-state index contributed by atoms with van der Waals surface area (Å²) in [5, 5.41) is 9.41. The quantitative estimate of drug-likeness (QED) is 0.761. The minimum atomic E-state index is -0.504. The van der Waals surface area contributed by atoms with Crippen molar-refractivity contribution >= 4 is 5.97 Å². The van der Waals surface area contributed by atoms with Gasteiger partial charge in [0.25, 0.3) is 5.88 Å². The van der Waals surface area contributed by atoms with Crippen molar-refractivity contribution < 1.29 is 14.6 Å². The Balaban J connectivity index is 2.74. The van der Waals surface area contributed by atoms with E-state index < -0.39 is 5.97 Å². The highest BCUT2D eigenvalue weighted by atomic mass is 16.5. The summed E-state index contributed by atoms with van der Waals surface area (Å²) < 4.78 is 4.69. The van der Waals surface area contributed by atoms with E-state index in [2.05, 4.69) is 16.9 Å². The number of aromatic nitrogens is 2. The fourth-order valence-electron chi connectivity index (χ4n) is 1.08. The fraction of sp³-hybridized carbons (Fsp3) is 0.500. The zero-order valence-corrected chi connectivity index (χ0v) is 8.86. The molecule has 0 fully saturated rings. The van der Waals surface area contributed by atoms with Gasteiger partial charge in [-0.25, -0.2) is 4.98 Å². The SMILES string of the molecule is CCCCc1ncc(OC(C)=O)c(O)n1. The molecule has 15 heavy (non-hydrogen) atoms. The van der Waals surface area contributed by atoms with Crippen molar-refractivity contribution in [1.29, 1.82) is 0 Å². The van der Waals surface area contributed by atoms with Crippen molar-refractivity contribution in [3.63, 3.8) is 0 Å². The summed E-state index contributed by atoms with van der Waals surface area (Å²) >= 11 is 0. The van der Waals surface area contributed by atoms with E-state index in [1.165, 1.54) is 13.1 Å². The van der Waals surface area contributed by atoms with E-state index in [1.807, 2.05) is 0 Å². The average molecular weight is 210 g/mol. The molecule has 5 nitrogen and oxygen atoms in total. The number of hydrogen-bond donors (Lipinski definition) is 1. The molecule has 5 heteroatoms. The monoisotopic (exact) mass is 210 g/mol. The summed E-state index contributed by atoms with van der Waals surface area (Å²) in [6.45, 7) is 3.32. The smallest absolute Gasteiger partial charge is 0.308 e. The van der Waals surface area contributed by atoms with Gasteiger partial charge in [0.05, 0.1) is 6.20 Å². The number of aryl methyl sites for hydroxylation is 1. The molecule has 1 aromatic rings. The van der Waals surface area contributed by atoms with E-state index in [4.69, 9.17) is 4.74 Å². The van der Waals surface area contributed by atoms with Gasteiger partial charge in [0, 0.05) is 13.3 Å². The van der Waals surface area contributed by atoms with Crippen molar-refractivity contribution in [2.75, 3.05) is 0 Å². The van der Waals surface area contributed by atoms with E-state index in [0.29, 0.717) is 12.2 Å². The van der Waals surface area contributed by atoms with Crippen LogP contribution in [0, 0.1) is 0 Å². The lowest BCUT2D eigenvalue weighted by molar-refractivity contribution is -0.132. The summed E-state index contributed by atoms with van der Waals surface area (Å²) in [6.07, 6.45) is 4.03. The summed E-state index contributed by atoms with van der Waals surface area (Å²) in [7, 11) is 0. The molecule has 0 unspecified atom stereocenters. The van der Waals surface area contributed by atoms with Gasteiger partial charge in [0.15, 0.2) is 0 Å². The van der Waals surface area contributed by atoms with Crippen LogP contribution in [0.4, 0.5) is 0 Å². The Morgan fingerprint density at radius 1 is 1.60 bits per heavy atom. The Morgan fingerprint density at radius 2 is 2.33 bits per heavy atom. The molecule has 1 aromatic heterocycles. The predicted molar refractivity (Wildman–Crippen MR) is 53.6 cm³/mol. The summed E-state index contributed by atoms with van der Waals surface area (Å²) in [5.41, 5.74) is 0. The van der Waals surface area contributed by atoms with Crippen LogP contribution in [-0.2, 0) is 11.2 Å². The average Bonchev–Trinajstić information content (AvgIpc) is 2.18. The van der Waals surface area contributed by atoms with Crippen LogP contribution in [0.3, 0.4) is 0 Å². The number of nitrogens with zero attached hydrogens (tertiary/aromatic N) is 2. The lowest BCUT2D eigenvalue weighted by atomic mass is 10.2. The zero-order chi connectivity index (χ0) is 11.3. The number of ether oxygens (including phenoxy) is 1. The normalized spacial score (nSPS) is 10.0. The maximum absolute atomic E-state index is 10.6. The largest absolute Gasteiger partial charge is 0.491 e. The third kappa shape index (κ3) is 3.53. The molecule has 0 aliphatic rings. The minimum absolute atomic E-state index is 0.00254. The molecule has 0 aromatic carbocycles. The maximum atomic E-state index is 10.6. The van der Waals surface area contributed by atoms with E-state index >= 15 is 0 Å². The van der Waals surface area contributed by atoms with Gasteiger partial charge in [-0.15, -0.1) is 0 Å². The standard InChI is InChI=1S/C10H14N2O3/c1-3-4-5-9-11-6-8(10(14)12-9)15-7(2)13/h6H,3-5H2,1-2H3,(H,11,12,14). The number of esters is 1. The van der Waals surface area contributed by atoms with Gasteiger partial charge in [0.1, 0.15) is 5.82 Å². The second-order valence-electron chi connectivity index (χ2n) is 3.17. The second-order valence-corrected chi connectivity index (χ2v) is 3.17. The van der Waals surface area contributed by atoms with Crippen LogP contribution in [0.15, 0.2) is 6.20 Å². The highest BCUT2D eigenvalue weighted by Crippen LogP contribution is 2.21. The van der Waals surface area contributed by atoms with Crippen molar-refractivity contribution in [2.45, 2.75) is 33.1 Å². The fourth-order valence-corrected chi connectivity index (χ4v) is 1.08. The van der Waals surface area contributed by atoms with Crippen molar-refractivity contribution in [1.82, 2.24) is 9.97 Å². The number of carbonyl (C=O) groups excluding carboxylic acids is 1. The first-order valence-corrected chi connectivity index (χ1v) is 4.86. The third-order valence-corrected chi connectivity index (χ3v) is 1.79. The molecular weight excluding hydrogens is 196 g/mol. The highest BCUT2D eigenvalue weighted by molar-refractivity contribution is 5.69. The summed E-state index contributed by atoms with van der Waals surface area (Å²) in [5.74, 6) is -0.227. The molecule has 1 heterocycles. The van der Waals surface area contributed by atoms with Crippen LogP contribution in [0.5, 0.6) is 11.6 Å². The van der Waals surface area contributed by atoms with Gasteiger partial charge < -0.3 is 9.84 Å². The predicted octanol–water partition coefficient (Wildman–Crippen LogP) is 1.45. The molecule has 0 aliphatic carbocycles. The Hall–Kier alpha value is -1.65. The van der Waals surface area contributed by atoms with E-state index in [0.717, 1.165) is 12.8 Å². The van der Waals surface area contributed by atoms with E-state index in [9.17, 15) is 9.90 Å². The zero-order valence-electron chi connectivity index (χ0n) is 8.86. The number of hydrogen-bond acceptors (Lipinski definition) is 5. The van der Waals surface area contributed by atoms with Crippen molar-refractivity contribution in [3.8, 4) is 11.6 Å². The molecular formula is C10H14N2O3. The number of carbonyl (C=O) groups is 1. The van der Waals surface area contributed by atoms with E-state index in [-0.39, 0.29) is 11.6 Å². The molecule has 0 saturated heterocycles. The van der Waals surface area contributed by atoms with Crippen LogP contribution in [0.1, 0.15) is 32.5 Å². The van der Waals surface area contributed by atoms with Gasteiger partial charge in [-0.05, 0) is 6.42 Å². The Morgan fingerprint density at radius 3 is 2.87 bits per heavy atom. The van der Waals surface area contributed by atoms with Gasteiger partial charge in [-0.1, -0.05) is 13.3 Å². The minimum Gasteiger partial charge on any atom is -0.491 e. The third-order valence-electron chi connectivity index (χ3n) is 1.79. The van der Waals surface area contributed by atoms with Gasteiger partial charge >= 0.3 is 5.97 Å². The lowest BCUT2D eigenvalue weighted by Gasteiger charge is -2.04. The summed E-state index contributed by atoms with van der Waals surface area (Å²) in [4.78, 5) is 18.4. The number of aromatic hydroxyl groups is 1. The Bertz CT molecular complexity index is 353. The van der Waals surface area contributed by atoms with Crippen LogP contribution < -0.4 is 4.74 Å².